The van der Waals surface area contributed by atoms with Crippen LogP contribution in [0.3, 0.4) is 0 Å². The van der Waals surface area contributed by atoms with Gasteiger partial charge in [0.25, 0.3) is 0 Å². The molecule has 2 N–H and O–H groups in total. The van der Waals surface area contributed by atoms with Crippen LogP contribution >= 0.6 is 0 Å². The Morgan fingerprint density at radius 3 is 2.10 bits per heavy atom. The van der Waals surface area contributed by atoms with Crippen LogP contribution < -0.4 is 18.1 Å². The molecule has 3 heteroatoms. The van der Waals surface area contributed by atoms with Crippen LogP contribution in [-0.4, -0.2) is 0 Å². The molecule has 0 fully saturated rings. The molecule has 1 aromatic rings. The fraction of sp³-hybridized carbons (Fsp3) is 0.143. The van der Waals surface area contributed by atoms with Gasteiger partial charge in [-0.2, -0.15) is 30.3 Å². The van der Waals surface area contributed by atoms with Gasteiger partial charge in [0, 0.05) is 0 Å². The first-order valence-corrected chi connectivity index (χ1v) is 2.58. The minimum atomic E-state index is 0. The molecule has 0 bridgehead atoms. The van der Waals surface area contributed by atoms with Gasteiger partial charge in [-0.3, -0.25) is 0 Å². The molecule has 0 radical (unpaired) electrons. The molecule has 0 aliphatic rings. The van der Waals surface area contributed by atoms with Crippen LogP contribution in [0.15, 0.2) is 24.3 Å². The van der Waals surface area contributed by atoms with E-state index in [9.17, 15) is 0 Å². The van der Waals surface area contributed by atoms with Crippen LogP contribution in [0.25, 0.3) is 0 Å². The van der Waals surface area contributed by atoms with Gasteiger partial charge in [-0.25, -0.2) is 0 Å². The molecule has 0 aliphatic heterocycles. The van der Waals surface area contributed by atoms with E-state index in [1.807, 2.05) is 24.3 Å². The molecule has 0 amide bonds. The normalized spacial score (nSPS) is 7.30. The fourth-order valence-corrected chi connectivity index (χ4v) is 0.557. The number of hydrogen-bond donors (Lipinski definition) is 1. The van der Waals surface area contributed by atoms with Crippen molar-refractivity contribution in [2.24, 2.45) is 5.73 Å². The first-order chi connectivity index (χ1) is 3.93. The van der Waals surface area contributed by atoms with Crippen molar-refractivity contribution in [2.45, 2.75) is 6.54 Å². The van der Waals surface area contributed by atoms with Crippen molar-refractivity contribution in [1.82, 2.24) is 0 Å². The van der Waals surface area contributed by atoms with Crippen molar-refractivity contribution in [3.63, 3.8) is 0 Å². The van der Waals surface area contributed by atoms with Gasteiger partial charge >= 0.3 is 19.5 Å². The van der Waals surface area contributed by atoms with Gasteiger partial charge in [0.05, 0.1) is 0 Å². The summed E-state index contributed by atoms with van der Waals surface area (Å²) in [5.74, 6) is 0. The zero-order chi connectivity index (χ0) is 5.82. The molecule has 0 heterocycles. The molecule has 10 heavy (non-hydrogen) atoms. The number of nitrogens with two attached hydrogens (primary N) is 1. The SMILES string of the molecule is NCc1cc[c-]cc1.[Cl-].[Zn+2]. The maximum atomic E-state index is 5.34. The first-order valence-electron chi connectivity index (χ1n) is 2.58. The third kappa shape index (κ3) is 4.00. The second-order valence-corrected chi connectivity index (χ2v) is 1.61. The predicted octanol–water partition coefficient (Wildman–Crippen LogP) is -2.05. The summed E-state index contributed by atoms with van der Waals surface area (Å²) in [5.41, 5.74) is 6.49. The van der Waals surface area contributed by atoms with Gasteiger partial charge < -0.3 is 18.1 Å². The van der Waals surface area contributed by atoms with Gasteiger partial charge in [-0.15, -0.1) is 5.56 Å². The number of halogens is 1. The second-order valence-electron chi connectivity index (χ2n) is 1.61. The Morgan fingerprint density at radius 1 is 1.30 bits per heavy atom. The van der Waals surface area contributed by atoms with E-state index in [4.69, 9.17) is 5.73 Å². The largest absolute Gasteiger partial charge is 2.00 e. The average molecular weight is 207 g/mol. The van der Waals surface area contributed by atoms with E-state index in [2.05, 4.69) is 6.07 Å². The van der Waals surface area contributed by atoms with Crippen LogP contribution in [0.1, 0.15) is 5.56 Å². The topological polar surface area (TPSA) is 26.0 Å². The van der Waals surface area contributed by atoms with E-state index in [1.165, 1.54) is 0 Å². The third-order valence-corrected chi connectivity index (χ3v) is 1.02. The summed E-state index contributed by atoms with van der Waals surface area (Å²) in [4.78, 5) is 0. The Hall–Kier alpha value is 0.0934. The van der Waals surface area contributed by atoms with Gasteiger partial charge in [0.2, 0.25) is 0 Å². The summed E-state index contributed by atoms with van der Waals surface area (Å²) in [7, 11) is 0. The zero-order valence-corrected chi connectivity index (χ0v) is 9.40. The standard InChI is InChI=1S/C7H8N.ClH.Zn/c8-6-7-4-2-1-3-5-7;;/h2-5H,6,8H2;1H;/q-1;;+2/p-1. The molecule has 0 saturated heterocycles. The van der Waals surface area contributed by atoms with Crippen LogP contribution in [0.2, 0.25) is 0 Å². The molecule has 1 aromatic carbocycles. The maximum absolute atomic E-state index is 5.34. The Labute approximate surface area is 80.2 Å². The van der Waals surface area contributed by atoms with E-state index < -0.39 is 0 Å². The molecule has 1 rings (SSSR count). The number of hydrogen-bond acceptors (Lipinski definition) is 1. The molecule has 50 valence electrons. The summed E-state index contributed by atoms with van der Waals surface area (Å²) in [6.45, 7) is 0.620. The third-order valence-electron chi connectivity index (χ3n) is 1.02. The quantitative estimate of drug-likeness (QED) is 0.416. The Kier molecular flexibility index (Phi) is 9.18. The van der Waals surface area contributed by atoms with Crippen molar-refractivity contribution in [3.8, 4) is 0 Å². The monoisotopic (exact) mass is 205 g/mol. The van der Waals surface area contributed by atoms with E-state index in [1.54, 1.807) is 0 Å². The molecule has 0 aromatic heterocycles. The number of rotatable bonds is 1. The Morgan fingerprint density at radius 2 is 1.80 bits per heavy atom. The van der Waals surface area contributed by atoms with E-state index in [0.717, 1.165) is 5.56 Å². The maximum Gasteiger partial charge on any atom is 2.00 e. The van der Waals surface area contributed by atoms with E-state index >= 15 is 0 Å². The van der Waals surface area contributed by atoms with Crippen molar-refractivity contribution in [2.75, 3.05) is 0 Å². The van der Waals surface area contributed by atoms with Crippen molar-refractivity contribution < 1.29 is 31.9 Å². The van der Waals surface area contributed by atoms with Crippen LogP contribution in [0, 0.1) is 6.07 Å². The number of benzene rings is 1. The van der Waals surface area contributed by atoms with Crippen molar-refractivity contribution >= 4 is 0 Å². The summed E-state index contributed by atoms with van der Waals surface area (Å²) in [6, 6.07) is 10.6. The molecule has 0 unspecified atom stereocenters. The molecule has 1 nitrogen and oxygen atoms in total. The van der Waals surface area contributed by atoms with Crippen LogP contribution in [0.4, 0.5) is 0 Å². The van der Waals surface area contributed by atoms with Crippen LogP contribution in [0.5, 0.6) is 0 Å². The summed E-state index contributed by atoms with van der Waals surface area (Å²) >= 11 is 0. The summed E-state index contributed by atoms with van der Waals surface area (Å²) < 4.78 is 0. The van der Waals surface area contributed by atoms with Gasteiger partial charge in [-0.1, -0.05) is 0 Å². The smallest absolute Gasteiger partial charge is 1.00 e. The molecular weight excluding hydrogens is 199 g/mol. The Balaban J connectivity index is 0. The molecule has 0 aliphatic carbocycles. The fourth-order valence-electron chi connectivity index (χ4n) is 0.557. The Bertz CT molecular complexity index is 155. The minimum Gasteiger partial charge on any atom is -1.00 e. The van der Waals surface area contributed by atoms with Crippen molar-refractivity contribution in [3.05, 3.63) is 35.9 Å². The van der Waals surface area contributed by atoms with Crippen molar-refractivity contribution in [1.29, 1.82) is 0 Å². The molecule has 0 saturated carbocycles. The molecule has 0 spiro atoms. The van der Waals surface area contributed by atoms with Gasteiger partial charge in [-0.05, 0) is 6.54 Å². The summed E-state index contributed by atoms with van der Waals surface area (Å²) in [5, 5.41) is 0. The minimum absolute atomic E-state index is 0. The van der Waals surface area contributed by atoms with E-state index in [-0.39, 0.29) is 31.9 Å². The predicted molar refractivity (Wildman–Crippen MR) is 33.2 cm³/mol. The van der Waals surface area contributed by atoms with Gasteiger partial charge in [0.1, 0.15) is 0 Å². The second kappa shape index (κ2) is 7.20. The molecular formula is C7H8ClNZn. The average Bonchev–Trinajstić information content (AvgIpc) is 1.90. The zero-order valence-electron chi connectivity index (χ0n) is 5.68. The molecule has 0 atom stereocenters. The first kappa shape index (κ1) is 12.7. The van der Waals surface area contributed by atoms with Gasteiger partial charge in [0.15, 0.2) is 0 Å². The van der Waals surface area contributed by atoms with E-state index in [0.29, 0.717) is 6.54 Å². The van der Waals surface area contributed by atoms with Crippen LogP contribution in [-0.2, 0) is 26.0 Å². The summed E-state index contributed by atoms with van der Waals surface area (Å²) in [6.07, 6.45) is 0.